The Bertz CT molecular complexity index is 148. The molecule has 0 aromatic rings. The number of nitrogens with one attached hydrogen (secondary N) is 1. The number of nitriles is 1. The van der Waals surface area contributed by atoms with E-state index < -0.39 is 0 Å². The highest BCUT2D eigenvalue weighted by Crippen LogP contribution is 2.26. The van der Waals surface area contributed by atoms with Gasteiger partial charge in [0, 0.05) is 6.04 Å². The average molecular weight is 152 g/mol. The maximum atomic E-state index is 8.42. The average Bonchev–Trinajstić information content (AvgIpc) is 2.06. The minimum Gasteiger partial charge on any atom is -0.321 e. The van der Waals surface area contributed by atoms with Gasteiger partial charge >= 0.3 is 0 Å². The van der Waals surface area contributed by atoms with Crippen molar-refractivity contribution in [2.45, 2.75) is 45.1 Å². The molecule has 2 unspecified atom stereocenters. The summed E-state index contributed by atoms with van der Waals surface area (Å²) >= 11 is 0. The third kappa shape index (κ3) is 2.42. The molecule has 0 aromatic heterocycles. The Labute approximate surface area is 68.6 Å². The molecule has 1 rings (SSSR count). The van der Waals surface area contributed by atoms with Crippen LogP contribution in [0.5, 0.6) is 0 Å². The summed E-state index contributed by atoms with van der Waals surface area (Å²) in [5.74, 6) is 0.856. The van der Waals surface area contributed by atoms with Gasteiger partial charge < -0.3 is 5.32 Å². The molecule has 2 nitrogen and oxygen atoms in total. The molecule has 1 aliphatic carbocycles. The van der Waals surface area contributed by atoms with Gasteiger partial charge in [0.05, 0.1) is 0 Å². The summed E-state index contributed by atoms with van der Waals surface area (Å²) in [6.07, 6.45) is 8.33. The normalized spacial score (nSPS) is 30.9. The lowest BCUT2D eigenvalue weighted by Crippen LogP contribution is -2.30. The first-order chi connectivity index (χ1) is 5.36. The van der Waals surface area contributed by atoms with Crippen molar-refractivity contribution < 1.29 is 0 Å². The highest BCUT2D eigenvalue weighted by atomic mass is 14.9. The molecule has 0 aromatic carbocycles. The van der Waals surface area contributed by atoms with E-state index in [0.29, 0.717) is 6.04 Å². The van der Waals surface area contributed by atoms with Gasteiger partial charge in [0.1, 0.15) is 0 Å². The smallest absolute Gasteiger partial charge is 0.176 e. The van der Waals surface area contributed by atoms with E-state index in [1.807, 2.05) is 6.19 Å². The van der Waals surface area contributed by atoms with E-state index in [9.17, 15) is 0 Å². The molecule has 62 valence electrons. The first-order valence-electron chi connectivity index (χ1n) is 4.51. The fourth-order valence-corrected chi connectivity index (χ4v) is 1.88. The molecule has 1 aliphatic rings. The van der Waals surface area contributed by atoms with Crippen LogP contribution >= 0.6 is 0 Å². The van der Waals surface area contributed by atoms with Crippen molar-refractivity contribution in [2.24, 2.45) is 5.92 Å². The third-order valence-corrected chi connectivity index (χ3v) is 2.63. The molecule has 11 heavy (non-hydrogen) atoms. The fraction of sp³-hybridized carbons (Fsp3) is 0.889. The summed E-state index contributed by atoms with van der Waals surface area (Å²) in [6, 6.07) is 0.471. The summed E-state index contributed by atoms with van der Waals surface area (Å²) in [4.78, 5) is 0. The number of nitrogens with zero attached hydrogens (tertiary/aromatic N) is 1. The van der Waals surface area contributed by atoms with Crippen molar-refractivity contribution in [3.63, 3.8) is 0 Å². The van der Waals surface area contributed by atoms with Crippen molar-refractivity contribution in [3.8, 4) is 6.19 Å². The van der Waals surface area contributed by atoms with Gasteiger partial charge in [-0.2, -0.15) is 5.26 Å². The Morgan fingerprint density at radius 1 is 1.55 bits per heavy atom. The second-order valence-corrected chi connectivity index (χ2v) is 3.39. The number of hydrogen-bond donors (Lipinski definition) is 1. The van der Waals surface area contributed by atoms with Crippen LogP contribution in [0, 0.1) is 17.4 Å². The van der Waals surface area contributed by atoms with E-state index in [1.54, 1.807) is 0 Å². The molecule has 1 saturated carbocycles. The monoisotopic (exact) mass is 152 g/mol. The predicted molar refractivity (Wildman–Crippen MR) is 44.8 cm³/mol. The maximum Gasteiger partial charge on any atom is 0.176 e. The second kappa shape index (κ2) is 4.23. The summed E-state index contributed by atoms with van der Waals surface area (Å²) in [6.45, 7) is 2.24. The lowest BCUT2D eigenvalue weighted by Gasteiger charge is -2.27. The van der Waals surface area contributed by atoms with Gasteiger partial charge in [-0.15, -0.1) is 0 Å². The van der Waals surface area contributed by atoms with E-state index in [4.69, 9.17) is 5.26 Å². The maximum absolute atomic E-state index is 8.42. The van der Waals surface area contributed by atoms with Crippen LogP contribution in [-0.4, -0.2) is 6.04 Å². The fourth-order valence-electron chi connectivity index (χ4n) is 1.88. The molecule has 1 N–H and O–H groups in total. The highest BCUT2D eigenvalue weighted by molar-refractivity contribution is 4.82. The lowest BCUT2D eigenvalue weighted by atomic mass is 9.84. The zero-order valence-corrected chi connectivity index (χ0v) is 7.14. The molecule has 0 saturated heterocycles. The standard InChI is InChI=1S/C9H16N2/c1-2-8-4-3-5-9(6-8)11-7-10/h8-9,11H,2-6H2,1H3. The van der Waals surface area contributed by atoms with Crippen molar-refractivity contribution in [2.75, 3.05) is 0 Å². The van der Waals surface area contributed by atoms with E-state index in [0.717, 1.165) is 5.92 Å². The summed E-state index contributed by atoms with van der Waals surface area (Å²) in [7, 11) is 0. The van der Waals surface area contributed by atoms with Crippen LogP contribution in [-0.2, 0) is 0 Å². The number of hydrogen-bond acceptors (Lipinski definition) is 2. The Kier molecular flexibility index (Phi) is 3.22. The molecular formula is C9H16N2. The molecule has 0 radical (unpaired) electrons. The van der Waals surface area contributed by atoms with Crippen molar-refractivity contribution in [1.29, 1.82) is 5.26 Å². The van der Waals surface area contributed by atoms with E-state index >= 15 is 0 Å². The molecule has 0 bridgehead atoms. The summed E-state index contributed by atoms with van der Waals surface area (Å²) < 4.78 is 0. The van der Waals surface area contributed by atoms with Gasteiger partial charge in [-0.1, -0.05) is 26.2 Å². The van der Waals surface area contributed by atoms with E-state index in [2.05, 4.69) is 12.2 Å². The molecule has 0 heterocycles. The first-order valence-corrected chi connectivity index (χ1v) is 4.51. The number of rotatable bonds is 2. The topological polar surface area (TPSA) is 35.8 Å². The molecule has 1 fully saturated rings. The highest BCUT2D eigenvalue weighted by Gasteiger charge is 2.19. The van der Waals surface area contributed by atoms with Gasteiger partial charge in [0.15, 0.2) is 6.19 Å². The van der Waals surface area contributed by atoms with Crippen LogP contribution < -0.4 is 5.32 Å². The molecule has 2 heteroatoms. The van der Waals surface area contributed by atoms with Gasteiger partial charge in [-0.05, 0) is 18.8 Å². The molecule has 0 spiro atoms. The van der Waals surface area contributed by atoms with Crippen LogP contribution in [0.1, 0.15) is 39.0 Å². The summed E-state index contributed by atoms with van der Waals surface area (Å²) in [5.41, 5.74) is 0. The first kappa shape index (κ1) is 8.39. The Hall–Kier alpha value is -0.710. The molecule has 0 amide bonds. The minimum absolute atomic E-state index is 0.471. The SMILES string of the molecule is CCC1CCCC(NC#N)C1. The summed E-state index contributed by atoms with van der Waals surface area (Å²) in [5, 5.41) is 11.3. The second-order valence-electron chi connectivity index (χ2n) is 3.39. The third-order valence-electron chi connectivity index (χ3n) is 2.63. The Balaban J connectivity index is 2.28. The Morgan fingerprint density at radius 2 is 2.36 bits per heavy atom. The zero-order valence-electron chi connectivity index (χ0n) is 7.14. The van der Waals surface area contributed by atoms with Crippen LogP contribution in [0.2, 0.25) is 0 Å². The quantitative estimate of drug-likeness (QED) is 0.485. The van der Waals surface area contributed by atoms with Crippen LogP contribution in [0.25, 0.3) is 0 Å². The zero-order chi connectivity index (χ0) is 8.10. The van der Waals surface area contributed by atoms with Crippen molar-refractivity contribution in [3.05, 3.63) is 0 Å². The van der Waals surface area contributed by atoms with E-state index in [1.165, 1.54) is 32.1 Å². The van der Waals surface area contributed by atoms with Gasteiger partial charge in [-0.3, -0.25) is 0 Å². The predicted octanol–water partition coefficient (Wildman–Crippen LogP) is 2.03. The molecule has 2 atom stereocenters. The molecule has 0 aliphatic heterocycles. The van der Waals surface area contributed by atoms with Crippen LogP contribution in [0.15, 0.2) is 0 Å². The van der Waals surface area contributed by atoms with Gasteiger partial charge in [0.2, 0.25) is 0 Å². The van der Waals surface area contributed by atoms with Crippen molar-refractivity contribution >= 4 is 0 Å². The Morgan fingerprint density at radius 3 is 3.00 bits per heavy atom. The largest absolute Gasteiger partial charge is 0.321 e. The molecular weight excluding hydrogens is 136 g/mol. The van der Waals surface area contributed by atoms with Gasteiger partial charge in [-0.25, -0.2) is 0 Å². The van der Waals surface area contributed by atoms with Gasteiger partial charge in [0.25, 0.3) is 0 Å². The van der Waals surface area contributed by atoms with Crippen LogP contribution in [0.4, 0.5) is 0 Å². The minimum atomic E-state index is 0.471. The van der Waals surface area contributed by atoms with Crippen molar-refractivity contribution in [1.82, 2.24) is 5.32 Å². The van der Waals surface area contributed by atoms with E-state index in [-0.39, 0.29) is 0 Å². The lowest BCUT2D eigenvalue weighted by molar-refractivity contribution is 0.297. The van der Waals surface area contributed by atoms with Crippen LogP contribution in [0.3, 0.4) is 0 Å².